The Morgan fingerprint density at radius 2 is 1.83 bits per heavy atom. The summed E-state index contributed by atoms with van der Waals surface area (Å²) in [5.41, 5.74) is 2.61. The summed E-state index contributed by atoms with van der Waals surface area (Å²) >= 11 is 0. The lowest BCUT2D eigenvalue weighted by atomic mass is 9.99. The molecule has 0 unspecified atom stereocenters. The SMILES string of the molecule is CC(C)=CCC/C(C)=C\COc1cc(O)cc(O)c1C(=O)C(C)C. The van der Waals surface area contributed by atoms with Gasteiger partial charge in [-0.3, -0.25) is 4.79 Å². The number of rotatable bonds is 8. The third kappa shape index (κ3) is 6.11. The van der Waals surface area contributed by atoms with Gasteiger partial charge in [0.15, 0.2) is 5.78 Å². The smallest absolute Gasteiger partial charge is 0.172 e. The molecule has 0 bridgehead atoms. The molecular formula is C20H28O4. The van der Waals surface area contributed by atoms with E-state index >= 15 is 0 Å². The van der Waals surface area contributed by atoms with Gasteiger partial charge < -0.3 is 14.9 Å². The highest BCUT2D eigenvalue weighted by atomic mass is 16.5. The number of benzene rings is 1. The average molecular weight is 332 g/mol. The molecular weight excluding hydrogens is 304 g/mol. The minimum Gasteiger partial charge on any atom is -0.508 e. The Morgan fingerprint density at radius 3 is 2.42 bits per heavy atom. The van der Waals surface area contributed by atoms with Gasteiger partial charge in [0.1, 0.15) is 29.4 Å². The first-order chi connectivity index (χ1) is 11.2. The molecule has 132 valence electrons. The third-order valence-corrected chi connectivity index (χ3v) is 3.60. The monoisotopic (exact) mass is 332 g/mol. The van der Waals surface area contributed by atoms with Gasteiger partial charge in [-0.05, 0) is 39.7 Å². The number of carbonyl (C=O) groups is 1. The Morgan fingerprint density at radius 1 is 1.17 bits per heavy atom. The number of ketones is 1. The molecule has 0 fully saturated rings. The highest BCUT2D eigenvalue weighted by Crippen LogP contribution is 2.34. The molecule has 0 saturated carbocycles. The van der Waals surface area contributed by atoms with E-state index in [0.29, 0.717) is 0 Å². The predicted octanol–water partition coefficient (Wildman–Crippen LogP) is 5.01. The van der Waals surface area contributed by atoms with Gasteiger partial charge in [0.05, 0.1) is 0 Å². The molecule has 0 aliphatic heterocycles. The standard InChI is InChI=1S/C20H28O4/c1-13(2)7-6-8-15(5)9-10-24-18-12-16(21)11-17(22)19(18)20(23)14(3)4/h7,9,11-12,14,21-22H,6,8,10H2,1-5H3/b15-9-. The summed E-state index contributed by atoms with van der Waals surface area (Å²) in [6, 6.07) is 2.52. The minimum absolute atomic E-state index is 0.124. The van der Waals surface area contributed by atoms with E-state index in [1.165, 1.54) is 17.2 Å². The Kier molecular flexibility index (Phi) is 7.56. The van der Waals surface area contributed by atoms with Gasteiger partial charge >= 0.3 is 0 Å². The van der Waals surface area contributed by atoms with Gasteiger partial charge in [0.2, 0.25) is 0 Å². The van der Waals surface area contributed by atoms with Gasteiger partial charge in [0.25, 0.3) is 0 Å². The molecule has 1 rings (SSSR count). The zero-order chi connectivity index (χ0) is 18.3. The summed E-state index contributed by atoms with van der Waals surface area (Å²) in [4.78, 5) is 12.3. The fourth-order valence-electron chi connectivity index (χ4n) is 2.20. The Balaban J connectivity index is 2.84. The molecule has 0 spiro atoms. The van der Waals surface area contributed by atoms with Crippen LogP contribution in [0.5, 0.6) is 17.2 Å². The summed E-state index contributed by atoms with van der Waals surface area (Å²) in [5.74, 6) is -0.671. The number of ether oxygens (including phenoxy) is 1. The molecule has 1 aromatic carbocycles. The summed E-state index contributed by atoms with van der Waals surface area (Å²) in [6.45, 7) is 9.97. The lowest BCUT2D eigenvalue weighted by molar-refractivity contribution is 0.0933. The van der Waals surface area contributed by atoms with Crippen LogP contribution in [0.1, 0.15) is 57.8 Å². The normalized spacial score (nSPS) is 11.5. The average Bonchev–Trinajstić information content (AvgIpc) is 2.45. The van der Waals surface area contributed by atoms with Crippen molar-refractivity contribution >= 4 is 5.78 Å². The minimum atomic E-state index is -0.274. The molecule has 0 aliphatic rings. The van der Waals surface area contributed by atoms with Crippen LogP contribution in [0.4, 0.5) is 0 Å². The van der Waals surface area contributed by atoms with Gasteiger partial charge in [-0.15, -0.1) is 0 Å². The van der Waals surface area contributed by atoms with Crippen molar-refractivity contribution in [2.75, 3.05) is 6.61 Å². The zero-order valence-electron chi connectivity index (χ0n) is 15.2. The summed E-state index contributed by atoms with van der Waals surface area (Å²) in [6.07, 6.45) is 6.06. The van der Waals surface area contributed by atoms with Crippen LogP contribution in [0.2, 0.25) is 0 Å². The molecule has 0 atom stereocenters. The highest BCUT2D eigenvalue weighted by Gasteiger charge is 2.21. The Hall–Kier alpha value is -2.23. The fourth-order valence-corrected chi connectivity index (χ4v) is 2.20. The maximum Gasteiger partial charge on any atom is 0.172 e. The molecule has 4 heteroatoms. The maximum absolute atomic E-state index is 12.3. The molecule has 0 aromatic heterocycles. The summed E-state index contributed by atoms with van der Waals surface area (Å²) in [7, 11) is 0. The first-order valence-corrected chi connectivity index (χ1v) is 8.24. The number of hydrogen-bond donors (Lipinski definition) is 2. The summed E-state index contributed by atoms with van der Waals surface area (Å²) < 4.78 is 5.64. The molecule has 0 aliphatic carbocycles. The molecule has 0 amide bonds. The number of aromatic hydroxyl groups is 2. The van der Waals surface area contributed by atoms with Crippen molar-refractivity contribution in [1.82, 2.24) is 0 Å². The topological polar surface area (TPSA) is 66.8 Å². The van der Waals surface area contributed by atoms with Crippen LogP contribution in [0.3, 0.4) is 0 Å². The van der Waals surface area contributed by atoms with E-state index in [1.807, 2.05) is 13.0 Å². The third-order valence-electron chi connectivity index (χ3n) is 3.60. The van der Waals surface area contributed by atoms with Crippen molar-refractivity contribution in [3.63, 3.8) is 0 Å². The van der Waals surface area contributed by atoms with E-state index in [0.717, 1.165) is 18.9 Å². The molecule has 1 aromatic rings. The van der Waals surface area contributed by atoms with Crippen molar-refractivity contribution < 1.29 is 19.7 Å². The number of Topliss-reactive ketones (excluding diaryl/α,β-unsaturated/α-hetero) is 1. The zero-order valence-corrected chi connectivity index (χ0v) is 15.2. The number of carbonyl (C=O) groups excluding carboxylic acids is 1. The van der Waals surface area contributed by atoms with E-state index < -0.39 is 0 Å². The van der Waals surface area contributed by atoms with Crippen LogP contribution in [-0.2, 0) is 0 Å². The molecule has 0 saturated heterocycles. The first-order valence-electron chi connectivity index (χ1n) is 8.24. The number of phenolic OH excluding ortho intramolecular Hbond substituents is 2. The van der Waals surface area contributed by atoms with Gasteiger partial charge in [0, 0.05) is 18.1 Å². The van der Waals surface area contributed by atoms with Crippen molar-refractivity contribution in [2.45, 2.75) is 47.5 Å². The molecule has 4 nitrogen and oxygen atoms in total. The van der Waals surface area contributed by atoms with Crippen LogP contribution in [-0.4, -0.2) is 22.6 Å². The van der Waals surface area contributed by atoms with Crippen molar-refractivity contribution in [3.8, 4) is 17.2 Å². The second kappa shape index (κ2) is 9.16. The second-order valence-electron chi connectivity index (χ2n) is 6.54. The van der Waals surface area contributed by atoms with Crippen molar-refractivity contribution in [1.29, 1.82) is 0 Å². The van der Waals surface area contributed by atoms with E-state index in [-0.39, 0.29) is 41.1 Å². The van der Waals surface area contributed by atoms with Crippen LogP contribution in [0.15, 0.2) is 35.4 Å². The molecule has 2 N–H and O–H groups in total. The lowest BCUT2D eigenvalue weighted by Gasteiger charge is -2.13. The van der Waals surface area contributed by atoms with Crippen molar-refractivity contribution in [2.24, 2.45) is 5.92 Å². The molecule has 0 heterocycles. The molecule has 0 radical (unpaired) electrons. The Labute approximate surface area is 144 Å². The van der Waals surface area contributed by atoms with Gasteiger partial charge in [-0.1, -0.05) is 31.1 Å². The molecule has 24 heavy (non-hydrogen) atoms. The number of hydrogen-bond acceptors (Lipinski definition) is 4. The van der Waals surface area contributed by atoms with Crippen LogP contribution in [0, 0.1) is 5.92 Å². The second-order valence-corrected chi connectivity index (χ2v) is 6.54. The van der Waals surface area contributed by atoms with Crippen LogP contribution < -0.4 is 4.74 Å². The highest BCUT2D eigenvalue weighted by molar-refractivity contribution is 6.02. The van der Waals surface area contributed by atoms with E-state index in [4.69, 9.17) is 4.74 Å². The fraction of sp³-hybridized carbons (Fsp3) is 0.450. The number of phenols is 2. The maximum atomic E-state index is 12.3. The lowest BCUT2D eigenvalue weighted by Crippen LogP contribution is -2.10. The first kappa shape index (κ1) is 19.8. The van der Waals surface area contributed by atoms with E-state index in [2.05, 4.69) is 19.9 Å². The Bertz CT molecular complexity index is 635. The van der Waals surface area contributed by atoms with E-state index in [9.17, 15) is 15.0 Å². The van der Waals surface area contributed by atoms with Crippen LogP contribution in [0.25, 0.3) is 0 Å². The number of allylic oxidation sites excluding steroid dienone is 3. The predicted molar refractivity (Wildman–Crippen MR) is 96.9 cm³/mol. The quantitative estimate of drug-likeness (QED) is 0.519. The summed E-state index contributed by atoms with van der Waals surface area (Å²) in [5, 5.41) is 19.6. The van der Waals surface area contributed by atoms with Gasteiger partial charge in [-0.25, -0.2) is 0 Å². The van der Waals surface area contributed by atoms with Crippen LogP contribution >= 0.6 is 0 Å². The van der Waals surface area contributed by atoms with E-state index in [1.54, 1.807) is 13.8 Å². The van der Waals surface area contributed by atoms with Crippen molar-refractivity contribution in [3.05, 3.63) is 41.0 Å². The van der Waals surface area contributed by atoms with Gasteiger partial charge in [-0.2, -0.15) is 0 Å². The largest absolute Gasteiger partial charge is 0.508 e.